The van der Waals surface area contributed by atoms with Gasteiger partial charge >= 0.3 is 0 Å². The first-order chi connectivity index (χ1) is 12.2. The molecule has 7 heteroatoms. The fourth-order valence-electron chi connectivity index (χ4n) is 2.30. The Balaban J connectivity index is 1.66. The topological polar surface area (TPSA) is 89.4 Å². The molecule has 25 heavy (non-hydrogen) atoms. The van der Waals surface area contributed by atoms with Gasteiger partial charge in [-0.15, -0.1) is 0 Å². The summed E-state index contributed by atoms with van der Waals surface area (Å²) in [6.07, 6.45) is 1.47. The number of fused-ring (bicyclic) bond motifs is 1. The average molecular weight is 342 g/mol. The van der Waals surface area contributed by atoms with E-state index >= 15 is 0 Å². The number of benzene rings is 2. The Bertz CT molecular complexity index is 804. The zero-order chi connectivity index (χ0) is 17.6. The van der Waals surface area contributed by atoms with Crippen LogP contribution in [0.1, 0.15) is 22.8 Å². The molecule has 1 aliphatic heterocycles. The molecule has 1 aliphatic rings. The number of hydrazone groups is 1. The number of hydrogen-bond acceptors (Lipinski definition) is 6. The monoisotopic (exact) mass is 342 g/mol. The summed E-state index contributed by atoms with van der Waals surface area (Å²) in [7, 11) is 0. The molecule has 1 heterocycles. The summed E-state index contributed by atoms with van der Waals surface area (Å²) in [6.45, 7) is 3.22. The summed E-state index contributed by atoms with van der Waals surface area (Å²) >= 11 is 0. The summed E-state index contributed by atoms with van der Waals surface area (Å²) in [4.78, 5) is 12.2. The molecule has 3 rings (SSSR count). The van der Waals surface area contributed by atoms with E-state index in [-0.39, 0.29) is 11.7 Å². The van der Waals surface area contributed by atoms with Crippen molar-refractivity contribution in [2.24, 2.45) is 5.10 Å². The number of phenolic OH excluding ortho intramolecular Hbond substituents is 1. The Kier molecular flexibility index (Phi) is 5.03. The number of rotatable bonds is 5. The lowest BCUT2D eigenvalue weighted by molar-refractivity contribution is 0.0954. The smallest absolute Gasteiger partial charge is 0.271 e. The molecular formula is C18H18N2O5. The normalized spacial score (nSPS) is 12.8. The number of aromatic hydroxyl groups is 1. The number of ether oxygens (including phenoxy) is 3. The predicted molar refractivity (Wildman–Crippen MR) is 91.8 cm³/mol. The third-order valence-electron chi connectivity index (χ3n) is 3.47. The lowest BCUT2D eigenvalue weighted by atomic mass is 10.2. The Morgan fingerprint density at radius 2 is 2.04 bits per heavy atom. The fraction of sp³-hybridized carbons (Fsp3) is 0.222. The van der Waals surface area contributed by atoms with Gasteiger partial charge in [-0.1, -0.05) is 0 Å². The van der Waals surface area contributed by atoms with E-state index in [9.17, 15) is 9.90 Å². The fourth-order valence-corrected chi connectivity index (χ4v) is 2.30. The molecular weight excluding hydrogens is 324 g/mol. The van der Waals surface area contributed by atoms with Crippen molar-refractivity contribution in [3.63, 3.8) is 0 Å². The summed E-state index contributed by atoms with van der Waals surface area (Å²) in [5, 5.41) is 13.6. The Labute approximate surface area is 144 Å². The predicted octanol–water partition coefficient (Wildman–Crippen LogP) is 2.33. The van der Waals surface area contributed by atoms with Crippen LogP contribution >= 0.6 is 0 Å². The summed E-state index contributed by atoms with van der Waals surface area (Å²) in [6, 6.07) is 9.77. The van der Waals surface area contributed by atoms with Crippen molar-refractivity contribution in [3.8, 4) is 23.0 Å². The van der Waals surface area contributed by atoms with Gasteiger partial charge in [-0.2, -0.15) is 5.10 Å². The highest BCUT2D eigenvalue weighted by atomic mass is 16.6. The third-order valence-corrected chi connectivity index (χ3v) is 3.47. The average Bonchev–Trinajstić information content (AvgIpc) is 2.64. The van der Waals surface area contributed by atoms with Gasteiger partial charge in [0.15, 0.2) is 23.0 Å². The number of amides is 1. The van der Waals surface area contributed by atoms with E-state index in [2.05, 4.69) is 10.5 Å². The van der Waals surface area contributed by atoms with Crippen molar-refractivity contribution >= 4 is 12.1 Å². The van der Waals surface area contributed by atoms with E-state index < -0.39 is 0 Å². The molecule has 7 nitrogen and oxygen atoms in total. The van der Waals surface area contributed by atoms with Crippen LogP contribution in [-0.2, 0) is 0 Å². The van der Waals surface area contributed by atoms with E-state index in [4.69, 9.17) is 14.2 Å². The van der Waals surface area contributed by atoms with Crippen molar-refractivity contribution in [2.45, 2.75) is 6.92 Å². The van der Waals surface area contributed by atoms with Crippen LogP contribution in [0.25, 0.3) is 0 Å². The molecule has 130 valence electrons. The van der Waals surface area contributed by atoms with E-state index in [1.807, 2.05) is 6.92 Å². The Morgan fingerprint density at radius 1 is 1.24 bits per heavy atom. The first kappa shape index (κ1) is 16.6. The second-order valence-corrected chi connectivity index (χ2v) is 5.22. The van der Waals surface area contributed by atoms with E-state index in [1.165, 1.54) is 12.3 Å². The molecule has 0 saturated carbocycles. The highest BCUT2D eigenvalue weighted by molar-refractivity contribution is 5.95. The highest BCUT2D eigenvalue weighted by Crippen LogP contribution is 2.30. The minimum Gasteiger partial charge on any atom is -0.504 e. The quantitative estimate of drug-likeness (QED) is 0.643. The van der Waals surface area contributed by atoms with Crippen molar-refractivity contribution in [3.05, 3.63) is 47.5 Å². The van der Waals surface area contributed by atoms with Crippen LogP contribution in [0.5, 0.6) is 23.0 Å². The maximum Gasteiger partial charge on any atom is 0.271 e. The molecule has 0 aromatic heterocycles. The SMILES string of the molecule is CCOc1cc(C=NNC(=O)c2ccc3c(c2)OCCO3)ccc1O. The standard InChI is InChI=1S/C18H18N2O5/c1-2-23-16-9-12(3-5-14(16)21)11-19-20-18(22)13-4-6-15-17(10-13)25-8-7-24-15/h3-6,9-11,21H,2,7-8H2,1H3,(H,20,22). The van der Waals surface area contributed by atoms with Crippen molar-refractivity contribution < 1.29 is 24.1 Å². The molecule has 2 aromatic carbocycles. The van der Waals surface area contributed by atoms with Crippen LogP contribution in [0.2, 0.25) is 0 Å². The van der Waals surface area contributed by atoms with Crippen LogP contribution in [-0.4, -0.2) is 37.0 Å². The van der Waals surface area contributed by atoms with Gasteiger partial charge in [0.2, 0.25) is 0 Å². The van der Waals surface area contributed by atoms with Crippen molar-refractivity contribution in [1.29, 1.82) is 0 Å². The van der Waals surface area contributed by atoms with Gasteiger partial charge in [0.05, 0.1) is 12.8 Å². The molecule has 0 saturated heterocycles. The number of nitrogens with one attached hydrogen (secondary N) is 1. The zero-order valence-corrected chi connectivity index (χ0v) is 13.7. The molecule has 0 unspecified atom stereocenters. The zero-order valence-electron chi connectivity index (χ0n) is 13.7. The minimum atomic E-state index is -0.364. The largest absolute Gasteiger partial charge is 0.504 e. The van der Waals surface area contributed by atoms with E-state index in [0.29, 0.717) is 48.2 Å². The van der Waals surface area contributed by atoms with Gasteiger partial charge in [0, 0.05) is 5.56 Å². The van der Waals surface area contributed by atoms with Gasteiger partial charge in [-0.25, -0.2) is 5.43 Å². The molecule has 0 spiro atoms. The molecule has 2 aromatic rings. The number of phenols is 1. The molecule has 0 atom stereocenters. The molecule has 0 aliphatic carbocycles. The first-order valence-corrected chi connectivity index (χ1v) is 7.86. The van der Waals surface area contributed by atoms with Crippen LogP contribution in [0.4, 0.5) is 0 Å². The summed E-state index contributed by atoms with van der Waals surface area (Å²) in [5.74, 6) is 1.22. The summed E-state index contributed by atoms with van der Waals surface area (Å²) < 4.78 is 16.2. The van der Waals surface area contributed by atoms with Gasteiger partial charge in [0.1, 0.15) is 13.2 Å². The minimum absolute atomic E-state index is 0.0549. The molecule has 1 amide bonds. The molecule has 2 N–H and O–H groups in total. The van der Waals surface area contributed by atoms with Crippen LogP contribution in [0.15, 0.2) is 41.5 Å². The molecule has 0 radical (unpaired) electrons. The van der Waals surface area contributed by atoms with Gasteiger partial charge < -0.3 is 19.3 Å². The van der Waals surface area contributed by atoms with Crippen LogP contribution in [0, 0.1) is 0 Å². The molecule has 0 bridgehead atoms. The second kappa shape index (κ2) is 7.57. The lowest BCUT2D eigenvalue weighted by Crippen LogP contribution is -2.19. The Morgan fingerprint density at radius 3 is 2.84 bits per heavy atom. The molecule has 0 fully saturated rings. The second-order valence-electron chi connectivity index (χ2n) is 5.22. The number of hydrogen-bond donors (Lipinski definition) is 2. The van der Waals surface area contributed by atoms with Crippen molar-refractivity contribution in [2.75, 3.05) is 19.8 Å². The van der Waals surface area contributed by atoms with Crippen molar-refractivity contribution in [1.82, 2.24) is 5.43 Å². The maximum atomic E-state index is 12.2. The van der Waals surface area contributed by atoms with E-state index in [1.54, 1.807) is 30.3 Å². The summed E-state index contributed by atoms with van der Waals surface area (Å²) in [5.41, 5.74) is 3.55. The lowest BCUT2D eigenvalue weighted by Gasteiger charge is -2.18. The van der Waals surface area contributed by atoms with Gasteiger partial charge in [0.25, 0.3) is 5.91 Å². The van der Waals surface area contributed by atoms with Crippen LogP contribution in [0.3, 0.4) is 0 Å². The highest BCUT2D eigenvalue weighted by Gasteiger charge is 2.14. The van der Waals surface area contributed by atoms with E-state index in [0.717, 1.165) is 0 Å². The van der Waals surface area contributed by atoms with Gasteiger partial charge in [-0.3, -0.25) is 4.79 Å². The third kappa shape index (κ3) is 4.00. The number of carbonyl (C=O) groups excluding carboxylic acids is 1. The Hall–Kier alpha value is -3.22. The van der Waals surface area contributed by atoms with Gasteiger partial charge in [-0.05, 0) is 48.9 Å². The van der Waals surface area contributed by atoms with Crippen LogP contribution < -0.4 is 19.6 Å². The maximum absolute atomic E-state index is 12.2. The number of carbonyl (C=O) groups is 1. The number of nitrogens with zero attached hydrogens (tertiary/aromatic N) is 1. The first-order valence-electron chi connectivity index (χ1n) is 7.86.